The summed E-state index contributed by atoms with van der Waals surface area (Å²) in [5.41, 5.74) is 1.37. The Labute approximate surface area is 139 Å². The van der Waals surface area contributed by atoms with E-state index in [4.69, 9.17) is 5.11 Å². The van der Waals surface area contributed by atoms with E-state index in [2.05, 4.69) is 9.97 Å². The second-order valence-corrected chi connectivity index (χ2v) is 7.11. The van der Waals surface area contributed by atoms with Crippen LogP contribution >= 0.6 is 0 Å². The van der Waals surface area contributed by atoms with Crippen LogP contribution in [0.4, 0.5) is 0 Å². The fraction of sp³-hybridized carbons (Fsp3) is 0.188. The molecule has 7 nitrogen and oxygen atoms in total. The first-order valence-electron chi connectivity index (χ1n) is 7.29. The van der Waals surface area contributed by atoms with Crippen LogP contribution < -0.4 is 0 Å². The van der Waals surface area contributed by atoms with Crippen LogP contribution in [-0.2, 0) is 10.0 Å². The number of aromatic carboxylic acids is 1. The molecule has 2 aromatic heterocycles. The number of aromatic nitrogens is 2. The molecule has 0 bridgehead atoms. The lowest BCUT2D eigenvalue weighted by Crippen LogP contribution is -2.35. The van der Waals surface area contributed by atoms with Crippen molar-refractivity contribution in [3.05, 3.63) is 60.1 Å². The predicted octanol–water partition coefficient (Wildman–Crippen LogP) is 1.65. The molecule has 8 heteroatoms. The smallest absolute Gasteiger partial charge is 0.354 e. The van der Waals surface area contributed by atoms with E-state index in [0.717, 1.165) is 5.57 Å². The van der Waals surface area contributed by atoms with E-state index in [1.165, 1.54) is 22.6 Å². The van der Waals surface area contributed by atoms with E-state index in [9.17, 15) is 13.2 Å². The van der Waals surface area contributed by atoms with Gasteiger partial charge in [0, 0.05) is 19.3 Å². The van der Waals surface area contributed by atoms with Gasteiger partial charge in [-0.25, -0.2) is 23.2 Å². The molecular weight excluding hydrogens is 330 g/mol. The Kier molecular flexibility index (Phi) is 4.41. The maximum absolute atomic E-state index is 12.5. The van der Waals surface area contributed by atoms with Gasteiger partial charge in [-0.1, -0.05) is 18.2 Å². The Morgan fingerprint density at radius 3 is 2.62 bits per heavy atom. The Morgan fingerprint density at radius 2 is 2.00 bits per heavy atom. The van der Waals surface area contributed by atoms with Crippen molar-refractivity contribution in [2.45, 2.75) is 11.4 Å². The Hall–Kier alpha value is -2.58. The lowest BCUT2D eigenvalue weighted by atomic mass is 10.1. The molecule has 1 aliphatic heterocycles. The third-order valence-corrected chi connectivity index (χ3v) is 5.49. The first kappa shape index (κ1) is 16.3. The van der Waals surface area contributed by atoms with Gasteiger partial charge in [0.1, 0.15) is 5.69 Å². The van der Waals surface area contributed by atoms with Crippen molar-refractivity contribution in [2.24, 2.45) is 0 Å². The standard InChI is InChI=1S/C16H15N3O4S/c20-16(21)14-5-3-4-13(18-14)12-7-10-19(11-8-12)24(22,23)15-6-1-2-9-17-15/h1-7,9H,8,10-11H2,(H,20,21). The summed E-state index contributed by atoms with van der Waals surface area (Å²) >= 11 is 0. The normalized spacial score (nSPS) is 15.8. The molecule has 24 heavy (non-hydrogen) atoms. The fourth-order valence-corrected chi connectivity index (χ4v) is 3.78. The number of carboxylic acids is 1. The molecule has 0 radical (unpaired) electrons. The summed E-state index contributed by atoms with van der Waals surface area (Å²) in [5.74, 6) is -1.09. The van der Waals surface area contributed by atoms with Crippen LogP contribution in [0, 0.1) is 0 Å². The second kappa shape index (κ2) is 6.50. The molecule has 0 aromatic carbocycles. The topological polar surface area (TPSA) is 100 Å². The predicted molar refractivity (Wildman–Crippen MR) is 86.8 cm³/mol. The first-order valence-corrected chi connectivity index (χ1v) is 8.73. The van der Waals surface area contributed by atoms with Gasteiger partial charge in [0.05, 0.1) is 5.69 Å². The van der Waals surface area contributed by atoms with Gasteiger partial charge in [-0.3, -0.25) is 0 Å². The third-order valence-electron chi connectivity index (χ3n) is 3.71. The van der Waals surface area contributed by atoms with Gasteiger partial charge in [-0.15, -0.1) is 0 Å². The highest BCUT2D eigenvalue weighted by molar-refractivity contribution is 7.89. The van der Waals surface area contributed by atoms with E-state index in [1.54, 1.807) is 30.3 Å². The summed E-state index contributed by atoms with van der Waals surface area (Å²) in [7, 11) is -3.63. The summed E-state index contributed by atoms with van der Waals surface area (Å²) in [5, 5.41) is 9.03. The minimum Gasteiger partial charge on any atom is -0.477 e. The molecule has 0 unspecified atom stereocenters. The highest BCUT2D eigenvalue weighted by atomic mass is 32.2. The van der Waals surface area contributed by atoms with Crippen LogP contribution in [0.2, 0.25) is 0 Å². The van der Waals surface area contributed by atoms with Gasteiger partial charge in [0.25, 0.3) is 10.0 Å². The third kappa shape index (κ3) is 3.19. The van der Waals surface area contributed by atoms with Crippen molar-refractivity contribution < 1.29 is 18.3 Å². The van der Waals surface area contributed by atoms with Gasteiger partial charge in [-0.2, -0.15) is 4.31 Å². The lowest BCUT2D eigenvalue weighted by molar-refractivity contribution is 0.0690. The fourth-order valence-electron chi connectivity index (χ4n) is 2.47. The minimum absolute atomic E-state index is 0.0212. The zero-order chi connectivity index (χ0) is 17.2. The number of carbonyl (C=O) groups is 1. The van der Waals surface area contributed by atoms with Crippen molar-refractivity contribution in [3.63, 3.8) is 0 Å². The minimum atomic E-state index is -3.63. The highest BCUT2D eigenvalue weighted by Crippen LogP contribution is 2.24. The Bertz CT molecular complexity index is 895. The van der Waals surface area contributed by atoms with Crippen LogP contribution in [0.15, 0.2) is 53.7 Å². The van der Waals surface area contributed by atoms with Gasteiger partial charge in [0.2, 0.25) is 0 Å². The summed E-state index contributed by atoms with van der Waals surface area (Å²) in [4.78, 5) is 19.0. The molecule has 1 N–H and O–H groups in total. The Morgan fingerprint density at radius 1 is 1.17 bits per heavy atom. The number of pyridine rings is 2. The van der Waals surface area contributed by atoms with Crippen LogP contribution in [0.5, 0.6) is 0 Å². The zero-order valence-electron chi connectivity index (χ0n) is 12.7. The molecule has 0 saturated carbocycles. The summed E-state index contributed by atoms with van der Waals surface area (Å²) in [6.07, 6.45) is 3.67. The van der Waals surface area contributed by atoms with Gasteiger partial charge >= 0.3 is 5.97 Å². The van der Waals surface area contributed by atoms with Gasteiger partial charge in [-0.05, 0) is 36.3 Å². The second-order valence-electron chi connectivity index (χ2n) is 5.22. The summed E-state index contributed by atoms with van der Waals surface area (Å²) in [6.45, 7) is 0.497. The molecule has 3 heterocycles. The average molecular weight is 345 g/mol. The van der Waals surface area contributed by atoms with Crippen molar-refractivity contribution in [2.75, 3.05) is 13.1 Å². The maximum Gasteiger partial charge on any atom is 0.354 e. The van der Waals surface area contributed by atoms with Crippen molar-refractivity contribution in [3.8, 4) is 0 Å². The quantitative estimate of drug-likeness (QED) is 0.904. The number of rotatable bonds is 4. The van der Waals surface area contributed by atoms with Crippen molar-refractivity contribution >= 4 is 21.6 Å². The SMILES string of the molecule is O=C(O)c1cccc(C2=CCN(S(=O)(=O)c3ccccn3)CC2)n1. The highest BCUT2D eigenvalue weighted by Gasteiger charge is 2.27. The van der Waals surface area contributed by atoms with E-state index >= 15 is 0 Å². The number of sulfonamides is 1. The van der Waals surface area contributed by atoms with E-state index in [-0.39, 0.29) is 17.3 Å². The van der Waals surface area contributed by atoms with Crippen molar-refractivity contribution in [1.29, 1.82) is 0 Å². The first-order chi connectivity index (χ1) is 11.5. The van der Waals surface area contributed by atoms with E-state index in [1.807, 2.05) is 0 Å². The molecular formula is C16H15N3O4S. The lowest BCUT2D eigenvalue weighted by Gasteiger charge is -2.25. The van der Waals surface area contributed by atoms with Gasteiger partial charge < -0.3 is 5.11 Å². The zero-order valence-corrected chi connectivity index (χ0v) is 13.5. The molecule has 3 rings (SSSR count). The number of nitrogens with zero attached hydrogens (tertiary/aromatic N) is 3. The molecule has 0 spiro atoms. The Balaban J connectivity index is 1.82. The molecule has 0 atom stereocenters. The number of hydrogen-bond donors (Lipinski definition) is 1. The molecule has 0 saturated heterocycles. The summed E-state index contributed by atoms with van der Waals surface area (Å²) in [6, 6.07) is 9.53. The maximum atomic E-state index is 12.5. The molecule has 124 valence electrons. The van der Waals surface area contributed by atoms with Crippen LogP contribution in [0.25, 0.3) is 5.57 Å². The monoisotopic (exact) mass is 345 g/mol. The molecule has 0 fully saturated rings. The van der Waals surface area contributed by atoms with E-state index < -0.39 is 16.0 Å². The number of hydrogen-bond acceptors (Lipinski definition) is 5. The molecule has 0 amide bonds. The molecule has 0 aliphatic carbocycles. The van der Waals surface area contributed by atoms with E-state index in [0.29, 0.717) is 18.7 Å². The van der Waals surface area contributed by atoms with Crippen LogP contribution in [0.1, 0.15) is 22.6 Å². The summed E-state index contributed by atoms with van der Waals surface area (Å²) < 4.78 is 26.4. The largest absolute Gasteiger partial charge is 0.477 e. The number of carboxylic acid groups (broad SMARTS) is 1. The average Bonchev–Trinajstić information content (AvgIpc) is 2.62. The van der Waals surface area contributed by atoms with Crippen LogP contribution in [-0.4, -0.2) is 46.9 Å². The van der Waals surface area contributed by atoms with Gasteiger partial charge in [0.15, 0.2) is 5.03 Å². The van der Waals surface area contributed by atoms with Crippen molar-refractivity contribution in [1.82, 2.24) is 14.3 Å². The molecule has 2 aromatic rings. The molecule has 1 aliphatic rings. The van der Waals surface area contributed by atoms with Crippen LogP contribution in [0.3, 0.4) is 0 Å².